The summed E-state index contributed by atoms with van der Waals surface area (Å²) in [5.41, 5.74) is 5.92. The highest BCUT2D eigenvalue weighted by molar-refractivity contribution is 5.92. The minimum atomic E-state index is -0.180. The van der Waals surface area contributed by atoms with Crippen molar-refractivity contribution >= 4 is 5.91 Å². The normalized spacial score (nSPS) is 10.1. The van der Waals surface area contributed by atoms with Gasteiger partial charge in [-0.2, -0.15) is 0 Å². The van der Waals surface area contributed by atoms with E-state index in [2.05, 4.69) is 4.98 Å². The summed E-state index contributed by atoms with van der Waals surface area (Å²) in [5.74, 6) is 0.108. The van der Waals surface area contributed by atoms with Crippen molar-refractivity contribution in [2.45, 2.75) is 6.92 Å². The molecule has 0 aliphatic rings. The highest BCUT2D eigenvalue weighted by Gasteiger charge is 2.17. The van der Waals surface area contributed by atoms with E-state index >= 15 is 0 Å². The fraction of sp³-hybridized carbons (Fsp3) is 0.500. The number of nitrogens with two attached hydrogens (primary N) is 1. The molecule has 0 radical (unpaired) electrons. The number of aryl methyl sites for hydroxylation is 1. The quantitative estimate of drug-likeness (QED) is 0.716. The Kier molecular flexibility index (Phi) is 3.02. The van der Waals surface area contributed by atoms with Gasteiger partial charge in [-0.15, -0.1) is 0 Å². The van der Waals surface area contributed by atoms with E-state index < -0.39 is 0 Å². The summed E-state index contributed by atoms with van der Waals surface area (Å²) >= 11 is 0. The first-order chi connectivity index (χ1) is 6.16. The Labute approximate surface area is 76.5 Å². The topological polar surface area (TPSA) is 72.4 Å². The minimum absolute atomic E-state index is 0.180. The molecule has 2 N–H and O–H groups in total. The molecule has 1 aromatic rings. The molecular weight excluding hydrogens is 170 g/mol. The lowest BCUT2D eigenvalue weighted by Crippen LogP contribution is -2.31. The second-order valence-electron chi connectivity index (χ2n) is 2.78. The zero-order valence-electron chi connectivity index (χ0n) is 7.78. The van der Waals surface area contributed by atoms with E-state index in [1.807, 2.05) is 0 Å². The van der Waals surface area contributed by atoms with Gasteiger partial charge in [0.15, 0.2) is 6.39 Å². The Morgan fingerprint density at radius 2 is 2.46 bits per heavy atom. The third kappa shape index (κ3) is 2.06. The second-order valence-corrected chi connectivity index (χ2v) is 2.78. The van der Waals surface area contributed by atoms with Crippen LogP contribution in [0.4, 0.5) is 0 Å². The lowest BCUT2D eigenvalue weighted by Gasteiger charge is -2.13. The lowest BCUT2D eigenvalue weighted by molar-refractivity contribution is 0.0766. The number of aromatic nitrogens is 1. The highest BCUT2D eigenvalue weighted by atomic mass is 16.3. The molecule has 0 aromatic carbocycles. The van der Waals surface area contributed by atoms with Crippen LogP contribution in [0.2, 0.25) is 0 Å². The summed E-state index contributed by atoms with van der Waals surface area (Å²) in [4.78, 5) is 16.9. The number of rotatable bonds is 3. The predicted octanol–water partition coefficient (Wildman–Crippen LogP) is 0.0137. The molecule has 1 amide bonds. The number of oxazole rings is 1. The molecule has 0 aliphatic carbocycles. The van der Waals surface area contributed by atoms with Crippen molar-refractivity contribution in [1.82, 2.24) is 9.88 Å². The standard InChI is InChI=1S/C8H13N3O2/c1-6-7(13-5-10-6)8(12)11(2)4-3-9/h5H,3-4,9H2,1-2H3. The van der Waals surface area contributed by atoms with Crippen LogP contribution >= 0.6 is 0 Å². The first-order valence-electron chi connectivity index (χ1n) is 4.02. The van der Waals surface area contributed by atoms with Crippen LogP contribution in [0.15, 0.2) is 10.8 Å². The van der Waals surface area contributed by atoms with Gasteiger partial charge in [0.25, 0.3) is 5.91 Å². The summed E-state index contributed by atoms with van der Waals surface area (Å²) in [6.07, 6.45) is 1.26. The van der Waals surface area contributed by atoms with E-state index in [4.69, 9.17) is 10.2 Å². The zero-order chi connectivity index (χ0) is 9.84. The molecule has 0 saturated heterocycles. The number of carbonyl (C=O) groups excluding carboxylic acids is 1. The number of nitrogens with zero attached hydrogens (tertiary/aromatic N) is 2. The van der Waals surface area contributed by atoms with Crippen LogP contribution < -0.4 is 5.73 Å². The zero-order valence-corrected chi connectivity index (χ0v) is 7.78. The van der Waals surface area contributed by atoms with Crippen LogP contribution in [-0.2, 0) is 0 Å². The molecular formula is C8H13N3O2. The van der Waals surface area contributed by atoms with Crippen LogP contribution in [-0.4, -0.2) is 35.9 Å². The van der Waals surface area contributed by atoms with Crippen molar-refractivity contribution in [2.24, 2.45) is 5.73 Å². The number of hydrogen-bond donors (Lipinski definition) is 1. The Balaban J connectivity index is 2.73. The molecule has 5 nitrogen and oxygen atoms in total. The third-order valence-corrected chi connectivity index (χ3v) is 1.75. The molecule has 0 atom stereocenters. The molecule has 1 aromatic heterocycles. The molecule has 0 spiro atoms. The molecule has 0 aliphatic heterocycles. The first-order valence-corrected chi connectivity index (χ1v) is 4.02. The van der Waals surface area contributed by atoms with Crippen molar-refractivity contribution < 1.29 is 9.21 Å². The van der Waals surface area contributed by atoms with Crippen LogP contribution in [0, 0.1) is 6.92 Å². The fourth-order valence-corrected chi connectivity index (χ4v) is 0.976. The lowest BCUT2D eigenvalue weighted by atomic mass is 10.3. The van der Waals surface area contributed by atoms with Crippen molar-refractivity contribution in [2.75, 3.05) is 20.1 Å². The van der Waals surface area contributed by atoms with E-state index in [-0.39, 0.29) is 11.7 Å². The van der Waals surface area contributed by atoms with Crippen LogP contribution in [0.5, 0.6) is 0 Å². The molecule has 1 heterocycles. The molecule has 0 bridgehead atoms. The van der Waals surface area contributed by atoms with Gasteiger partial charge >= 0.3 is 0 Å². The number of hydrogen-bond acceptors (Lipinski definition) is 4. The van der Waals surface area contributed by atoms with Gasteiger partial charge in [-0.1, -0.05) is 0 Å². The highest BCUT2D eigenvalue weighted by Crippen LogP contribution is 2.07. The van der Waals surface area contributed by atoms with Crippen LogP contribution in [0.3, 0.4) is 0 Å². The Bertz CT molecular complexity index is 295. The van der Waals surface area contributed by atoms with E-state index in [1.54, 1.807) is 14.0 Å². The maximum Gasteiger partial charge on any atom is 0.291 e. The molecule has 13 heavy (non-hydrogen) atoms. The van der Waals surface area contributed by atoms with Crippen molar-refractivity contribution in [3.8, 4) is 0 Å². The molecule has 0 fully saturated rings. The van der Waals surface area contributed by atoms with Gasteiger partial charge in [-0.3, -0.25) is 4.79 Å². The molecule has 72 valence electrons. The van der Waals surface area contributed by atoms with Gasteiger partial charge in [-0.05, 0) is 6.92 Å². The Morgan fingerprint density at radius 1 is 1.77 bits per heavy atom. The predicted molar refractivity (Wildman–Crippen MR) is 47.3 cm³/mol. The van der Waals surface area contributed by atoms with Gasteiger partial charge in [0.05, 0.1) is 5.69 Å². The van der Waals surface area contributed by atoms with Crippen molar-refractivity contribution in [3.05, 3.63) is 17.8 Å². The summed E-state index contributed by atoms with van der Waals surface area (Å²) in [5, 5.41) is 0. The summed E-state index contributed by atoms with van der Waals surface area (Å²) in [7, 11) is 1.68. The summed E-state index contributed by atoms with van der Waals surface area (Å²) < 4.78 is 4.95. The molecule has 5 heteroatoms. The maximum absolute atomic E-state index is 11.6. The van der Waals surface area contributed by atoms with Crippen LogP contribution in [0.25, 0.3) is 0 Å². The van der Waals surface area contributed by atoms with Crippen molar-refractivity contribution in [1.29, 1.82) is 0 Å². The molecule has 1 rings (SSSR count). The largest absolute Gasteiger partial charge is 0.438 e. The van der Waals surface area contributed by atoms with E-state index in [0.717, 1.165) is 0 Å². The summed E-state index contributed by atoms with van der Waals surface area (Å²) in [6.45, 7) is 2.68. The van der Waals surface area contributed by atoms with Crippen molar-refractivity contribution in [3.63, 3.8) is 0 Å². The molecule has 0 saturated carbocycles. The SMILES string of the molecule is Cc1ncoc1C(=O)N(C)CCN. The van der Waals surface area contributed by atoms with Gasteiger partial charge in [0.2, 0.25) is 5.76 Å². The van der Waals surface area contributed by atoms with E-state index in [9.17, 15) is 4.79 Å². The minimum Gasteiger partial charge on any atom is -0.438 e. The van der Waals surface area contributed by atoms with Gasteiger partial charge in [0.1, 0.15) is 0 Å². The summed E-state index contributed by atoms with van der Waals surface area (Å²) in [6, 6.07) is 0. The smallest absolute Gasteiger partial charge is 0.291 e. The average molecular weight is 183 g/mol. The Morgan fingerprint density at radius 3 is 2.92 bits per heavy atom. The molecule has 0 unspecified atom stereocenters. The van der Waals surface area contributed by atoms with Gasteiger partial charge < -0.3 is 15.1 Å². The fourth-order valence-electron chi connectivity index (χ4n) is 0.976. The van der Waals surface area contributed by atoms with E-state index in [0.29, 0.717) is 18.8 Å². The maximum atomic E-state index is 11.6. The monoisotopic (exact) mass is 183 g/mol. The first kappa shape index (κ1) is 9.73. The second kappa shape index (κ2) is 4.04. The third-order valence-electron chi connectivity index (χ3n) is 1.75. The number of carbonyl (C=O) groups is 1. The Hall–Kier alpha value is -1.36. The van der Waals surface area contributed by atoms with Gasteiger partial charge in [0, 0.05) is 20.1 Å². The van der Waals surface area contributed by atoms with E-state index in [1.165, 1.54) is 11.3 Å². The number of likely N-dealkylation sites (N-methyl/N-ethyl adjacent to an activating group) is 1. The van der Waals surface area contributed by atoms with Gasteiger partial charge in [-0.25, -0.2) is 4.98 Å². The van der Waals surface area contributed by atoms with Crippen LogP contribution in [0.1, 0.15) is 16.2 Å². The number of amides is 1. The average Bonchev–Trinajstić information content (AvgIpc) is 2.50.